The predicted octanol–water partition coefficient (Wildman–Crippen LogP) is 5.13. The van der Waals surface area contributed by atoms with Crippen LogP contribution in [0.25, 0.3) is 10.1 Å². The van der Waals surface area contributed by atoms with Crippen LogP contribution in [-0.2, 0) is 17.4 Å². The van der Waals surface area contributed by atoms with Gasteiger partial charge in [-0.3, -0.25) is 9.69 Å². The summed E-state index contributed by atoms with van der Waals surface area (Å²) in [5, 5.41) is 3.76. The summed E-state index contributed by atoms with van der Waals surface area (Å²) in [6.07, 6.45) is -3.84. The quantitative estimate of drug-likeness (QED) is 0.570. The third kappa shape index (κ3) is 4.44. The van der Waals surface area contributed by atoms with E-state index in [1.54, 1.807) is 6.07 Å². The number of carbonyl (C=O) groups excluding carboxylic acids is 1. The molecule has 1 saturated heterocycles. The molecule has 0 saturated carbocycles. The minimum Gasteiger partial charge on any atom is -0.353 e. The van der Waals surface area contributed by atoms with Gasteiger partial charge >= 0.3 is 6.18 Å². The average molecular weight is 475 g/mol. The summed E-state index contributed by atoms with van der Waals surface area (Å²) in [7, 11) is 0. The molecule has 1 aromatic heterocycles. The van der Waals surface area contributed by atoms with Gasteiger partial charge in [0, 0.05) is 50.2 Å². The van der Waals surface area contributed by atoms with Gasteiger partial charge < -0.3 is 10.2 Å². The lowest BCUT2D eigenvalue weighted by molar-refractivity contribution is -0.138. The number of alkyl halides is 3. The van der Waals surface area contributed by atoms with Crippen LogP contribution in [0.4, 0.5) is 24.7 Å². The van der Waals surface area contributed by atoms with E-state index in [1.165, 1.54) is 11.5 Å². The number of aromatic nitrogens is 1. The molecule has 0 bridgehead atoms. The number of hydrogen-bond acceptors (Lipinski definition) is 5. The van der Waals surface area contributed by atoms with Crippen LogP contribution in [0.3, 0.4) is 0 Å². The maximum absolute atomic E-state index is 13.8. The molecule has 0 aliphatic carbocycles. The zero-order valence-corrected chi connectivity index (χ0v) is 19.1. The number of halogens is 3. The Hall–Kier alpha value is -2.65. The van der Waals surface area contributed by atoms with Crippen molar-refractivity contribution in [3.63, 3.8) is 0 Å². The molecule has 2 aliphatic heterocycles. The number of anilines is 2. The first-order valence-corrected chi connectivity index (χ1v) is 11.9. The van der Waals surface area contributed by atoms with E-state index in [9.17, 15) is 18.0 Å². The molecule has 1 atom stereocenters. The van der Waals surface area contributed by atoms with Crippen molar-refractivity contribution in [1.29, 1.82) is 0 Å². The number of amides is 1. The first kappa shape index (κ1) is 22.2. The van der Waals surface area contributed by atoms with Crippen molar-refractivity contribution < 1.29 is 18.0 Å². The Balaban J connectivity index is 1.28. The predicted molar refractivity (Wildman–Crippen MR) is 125 cm³/mol. The van der Waals surface area contributed by atoms with Crippen molar-refractivity contribution in [3.8, 4) is 0 Å². The van der Waals surface area contributed by atoms with Crippen LogP contribution in [0.5, 0.6) is 0 Å². The van der Waals surface area contributed by atoms with Crippen LogP contribution in [-0.4, -0.2) is 47.9 Å². The molecule has 1 fully saturated rings. The highest BCUT2D eigenvalue weighted by Gasteiger charge is 2.36. The monoisotopic (exact) mass is 474 g/mol. The third-order valence-electron chi connectivity index (χ3n) is 6.60. The molecule has 33 heavy (non-hydrogen) atoms. The molecule has 1 unspecified atom stereocenters. The number of fused-ring (bicyclic) bond motifs is 2. The first-order chi connectivity index (χ1) is 15.8. The lowest BCUT2D eigenvalue weighted by Gasteiger charge is -2.35. The van der Waals surface area contributed by atoms with Crippen molar-refractivity contribution in [2.24, 2.45) is 0 Å². The molecule has 174 valence electrons. The molecule has 3 heterocycles. The fraction of sp³-hybridized carbons (Fsp3) is 0.417. The second-order valence-electron chi connectivity index (χ2n) is 8.83. The van der Waals surface area contributed by atoms with Gasteiger partial charge in [0.15, 0.2) is 0 Å². The van der Waals surface area contributed by atoms with Crippen molar-refractivity contribution in [2.45, 2.75) is 31.9 Å². The molecular weight excluding hydrogens is 449 g/mol. The molecule has 0 radical (unpaired) electrons. The van der Waals surface area contributed by atoms with Gasteiger partial charge in [-0.1, -0.05) is 25.1 Å². The summed E-state index contributed by atoms with van der Waals surface area (Å²) in [5.41, 5.74) is 0.733. The Bertz CT molecular complexity index is 1180. The molecule has 0 spiro atoms. The van der Waals surface area contributed by atoms with Crippen LogP contribution in [0.1, 0.15) is 36.0 Å². The normalized spacial score (nSPS) is 19.6. The van der Waals surface area contributed by atoms with Crippen molar-refractivity contribution in [3.05, 3.63) is 53.1 Å². The van der Waals surface area contributed by atoms with Crippen LogP contribution < -0.4 is 10.2 Å². The van der Waals surface area contributed by atoms with Crippen molar-refractivity contribution >= 4 is 39.0 Å². The Kier molecular flexibility index (Phi) is 5.78. The number of piperazine rings is 1. The smallest absolute Gasteiger partial charge is 0.353 e. The second-order valence-corrected chi connectivity index (χ2v) is 9.63. The van der Waals surface area contributed by atoms with E-state index in [2.05, 4.69) is 31.6 Å². The van der Waals surface area contributed by atoms with Crippen molar-refractivity contribution in [2.75, 3.05) is 42.9 Å². The summed E-state index contributed by atoms with van der Waals surface area (Å²) in [5.74, 6) is 0.674. The molecule has 5 rings (SSSR count). The van der Waals surface area contributed by atoms with Gasteiger partial charge in [0.1, 0.15) is 5.82 Å². The largest absolute Gasteiger partial charge is 0.416 e. The van der Waals surface area contributed by atoms with Gasteiger partial charge in [0.2, 0.25) is 5.91 Å². The number of benzene rings is 2. The molecule has 9 heteroatoms. The summed E-state index contributed by atoms with van der Waals surface area (Å²) in [6, 6.07) is 10.9. The average Bonchev–Trinajstić information content (AvgIpc) is 3.21. The lowest BCUT2D eigenvalue weighted by atomic mass is 9.88. The highest BCUT2D eigenvalue weighted by atomic mass is 32.1. The Morgan fingerprint density at radius 2 is 1.91 bits per heavy atom. The molecule has 1 amide bonds. The summed E-state index contributed by atoms with van der Waals surface area (Å²) < 4.78 is 47.1. The highest BCUT2D eigenvalue weighted by Crippen LogP contribution is 2.40. The standard InChI is InChI=1S/C24H25F3N4OS/c1-15-12-22(32)28-20-14-19(24(25,26)27)16(13-18(15)20)6-7-30-8-10-31(11-9-30)23-17-4-2-3-5-21(17)33-29-23/h2-5,13-15H,6-12H2,1H3,(H,28,32). The summed E-state index contributed by atoms with van der Waals surface area (Å²) >= 11 is 1.49. The van der Waals surface area contributed by atoms with E-state index >= 15 is 0 Å². The lowest BCUT2D eigenvalue weighted by Crippen LogP contribution is -2.47. The van der Waals surface area contributed by atoms with Crippen LogP contribution >= 0.6 is 11.5 Å². The van der Waals surface area contributed by atoms with E-state index in [4.69, 9.17) is 0 Å². The maximum Gasteiger partial charge on any atom is 0.416 e. The second kappa shape index (κ2) is 8.61. The fourth-order valence-electron chi connectivity index (χ4n) is 4.80. The number of hydrogen-bond donors (Lipinski definition) is 1. The zero-order chi connectivity index (χ0) is 23.2. The van der Waals surface area contributed by atoms with Gasteiger partial charge in [-0.15, -0.1) is 0 Å². The molecule has 5 nitrogen and oxygen atoms in total. The van der Waals surface area contributed by atoms with Gasteiger partial charge in [-0.2, -0.15) is 17.5 Å². The number of rotatable bonds is 4. The number of carbonyl (C=O) groups is 1. The van der Waals surface area contributed by atoms with Crippen LogP contribution in [0.2, 0.25) is 0 Å². The molecule has 2 aliphatic rings. The SMILES string of the molecule is CC1CC(=O)Nc2cc(C(F)(F)F)c(CCN3CCN(c4nsc5ccccc45)CC3)cc21. The molecular formula is C24H25F3N4OS. The van der Waals surface area contributed by atoms with Gasteiger partial charge in [0.25, 0.3) is 0 Å². The Morgan fingerprint density at radius 1 is 1.15 bits per heavy atom. The topological polar surface area (TPSA) is 48.5 Å². The Morgan fingerprint density at radius 3 is 2.67 bits per heavy atom. The number of nitrogens with zero attached hydrogens (tertiary/aromatic N) is 3. The summed E-state index contributed by atoms with van der Waals surface area (Å²) in [4.78, 5) is 16.3. The van der Waals surface area contributed by atoms with E-state index in [-0.39, 0.29) is 11.8 Å². The first-order valence-electron chi connectivity index (χ1n) is 11.1. The summed E-state index contributed by atoms with van der Waals surface area (Å²) in [6.45, 7) is 5.61. The van der Waals surface area contributed by atoms with Gasteiger partial charge in [-0.05, 0) is 53.2 Å². The van der Waals surface area contributed by atoms with E-state index in [1.807, 2.05) is 19.1 Å². The Labute approximate surface area is 194 Å². The van der Waals surface area contributed by atoms with Gasteiger partial charge in [0.05, 0.1) is 10.3 Å². The zero-order valence-electron chi connectivity index (χ0n) is 18.3. The third-order valence-corrected chi connectivity index (χ3v) is 7.42. The molecule has 1 N–H and O–H groups in total. The molecule has 2 aromatic carbocycles. The van der Waals surface area contributed by atoms with Crippen molar-refractivity contribution in [1.82, 2.24) is 9.27 Å². The van der Waals surface area contributed by atoms with E-state index < -0.39 is 11.7 Å². The van der Waals surface area contributed by atoms with E-state index in [0.29, 0.717) is 30.6 Å². The highest BCUT2D eigenvalue weighted by molar-refractivity contribution is 7.13. The minimum absolute atomic E-state index is 0.0914. The van der Waals surface area contributed by atoms with Crippen LogP contribution in [0.15, 0.2) is 36.4 Å². The number of nitrogens with one attached hydrogen (secondary N) is 1. The minimum atomic E-state index is -4.46. The fourth-order valence-corrected chi connectivity index (χ4v) is 5.60. The van der Waals surface area contributed by atoms with E-state index in [0.717, 1.165) is 53.7 Å². The van der Waals surface area contributed by atoms with Crippen LogP contribution in [0, 0.1) is 0 Å². The maximum atomic E-state index is 13.8. The molecule has 3 aromatic rings. The van der Waals surface area contributed by atoms with Gasteiger partial charge in [-0.25, -0.2) is 0 Å².